The van der Waals surface area contributed by atoms with Gasteiger partial charge in [0.25, 0.3) is 0 Å². The molecule has 106 valence electrons. The average Bonchev–Trinajstić information content (AvgIpc) is 2.33. The molecule has 0 bridgehead atoms. The molecule has 20 heavy (non-hydrogen) atoms. The van der Waals surface area contributed by atoms with E-state index in [2.05, 4.69) is 0 Å². The van der Waals surface area contributed by atoms with Crippen LogP contribution < -0.4 is 5.73 Å². The Balaban J connectivity index is 2.12. The molecule has 0 heterocycles. The Labute approximate surface area is 128 Å². The van der Waals surface area contributed by atoms with Crippen molar-refractivity contribution in [3.05, 3.63) is 69.5 Å². The van der Waals surface area contributed by atoms with Crippen molar-refractivity contribution in [1.29, 1.82) is 0 Å². The van der Waals surface area contributed by atoms with Gasteiger partial charge in [0.05, 0.1) is 10.0 Å². The third kappa shape index (κ3) is 4.20. The van der Waals surface area contributed by atoms with Crippen LogP contribution in [0, 0.1) is 5.82 Å². The van der Waals surface area contributed by atoms with Gasteiger partial charge in [0, 0.05) is 5.54 Å². The molecule has 2 rings (SSSR count). The van der Waals surface area contributed by atoms with Crippen LogP contribution in [0.15, 0.2) is 42.5 Å². The number of hydrogen-bond donors (Lipinski definition) is 1. The maximum Gasteiger partial charge on any atom is 0.123 e. The molecule has 0 aliphatic carbocycles. The van der Waals surface area contributed by atoms with Gasteiger partial charge in [-0.2, -0.15) is 0 Å². The highest BCUT2D eigenvalue weighted by atomic mass is 35.5. The maximum atomic E-state index is 13.2. The highest BCUT2D eigenvalue weighted by Gasteiger charge is 2.20. The van der Waals surface area contributed by atoms with Crippen LogP contribution in [-0.2, 0) is 12.8 Å². The van der Waals surface area contributed by atoms with E-state index in [-0.39, 0.29) is 5.82 Å². The van der Waals surface area contributed by atoms with Crippen LogP contribution in [0.25, 0.3) is 0 Å². The Hall–Kier alpha value is -1.09. The molecule has 1 atom stereocenters. The Morgan fingerprint density at radius 2 is 1.65 bits per heavy atom. The Morgan fingerprint density at radius 3 is 2.25 bits per heavy atom. The monoisotopic (exact) mass is 311 g/mol. The maximum absolute atomic E-state index is 13.2. The quantitative estimate of drug-likeness (QED) is 0.875. The van der Waals surface area contributed by atoms with E-state index in [4.69, 9.17) is 28.9 Å². The van der Waals surface area contributed by atoms with Crippen LogP contribution in [-0.4, -0.2) is 5.54 Å². The minimum absolute atomic E-state index is 0.243. The lowest BCUT2D eigenvalue weighted by Crippen LogP contribution is -2.40. The molecule has 1 unspecified atom stereocenters. The van der Waals surface area contributed by atoms with Crippen molar-refractivity contribution in [1.82, 2.24) is 0 Å². The van der Waals surface area contributed by atoms with E-state index in [9.17, 15) is 4.39 Å². The van der Waals surface area contributed by atoms with Gasteiger partial charge in [0.1, 0.15) is 5.82 Å². The van der Waals surface area contributed by atoms with Crippen molar-refractivity contribution < 1.29 is 4.39 Å². The van der Waals surface area contributed by atoms with Crippen molar-refractivity contribution in [2.45, 2.75) is 25.3 Å². The van der Waals surface area contributed by atoms with E-state index in [1.807, 2.05) is 25.1 Å². The lowest BCUT2D eigenvalue weighted by molar-refractivity contribution is 0.461. The minimum atomic E-state index is -0.481. The van der Waals surface area contributed by atoms with Gasteiger partial charge in [-0.3, -0.25) is 0 Å². The van der Waals surface area contributed by atoms with Crippen molar-refractivity contribution in [2.24, 2.45) is 5.73 Å². The van der Waals surface area contributed by atoms with Gasteiger partial charge in [0.2, 0.25) is 0 Å². The van der Waals surface area contributed by atoms with Crippen LogP contribution in [0.4, 0.5) is 4.39 Å². The first-order valence-electron chi connectivity index (χ1n) is 6.33. The third-order valence-electron chi connectivity index (χ3n) is 3.09. The first kappa shape index (κ1) is 15.3. The number of hydrogen-bond acceptors (Lipinski definition) is 1. The van der Waals surface area contributed by atoms with Gasteiger partial charge >= 0.3 is 0 Å². The van der Waals surface area contributed by atoms with Gasteiger partial charge < -0.3 is 5.73 Å². The van der Waals surface area contributed by atoms with E-state index in [0.29, 0.717) is 22.9 Å². The molecule has 2 aromatic carbocycles. The zero-order valence-electron chi connectivity index (χ0n) is 11.2. The summed E-state index contributed by atoms with van der Waals surface area (Å²) in [5, 5.41) is 1.05. The van der Waals surface area contributed by atoms with Gasteiger partial charge in [-0.1, -0.05) is 41.4 Å². The lowest BCUT2D eigenvalue weighted by Gasteiger charge is -2.25. The molecule has 2 N–H and O–H groups in total. The number of benzene rings is 2. The van der Waals surface area contributed by atoms with Gasteiger partial charge in [0.15, 0.2) is 0 Å². The summed E-state index contributed by atoms with van der Waals surface area (Å²) < 4.78 is 13.2. The second-order valence-corrected chi connectivity index (χ2v) is 6.20. The molecule has 2 aromatic rings. The Kier molecular flexibility index (Phi) is 4.69. The predicted octanol–water partition coefficient (Wildman–Crippen LogP) is 4.64. The largest absolute Gasteiger partial charge is 0.325 e. The van der Waals surface area contributed by atoms with Crippen molar-refractivity contribution in [2.75, 3.05) is 0 Å². The molecule has 0 spiro atoms. The lowest BCUT2D eigenvalue weighted by atomic mass is 9.87. The van der Waals surface area contributed by atoms with Crippen LogP contribution >= 0.6 is 23.2 Å². The third-order valence-corrected chi connectivity index (χ3v) is 3.83. The van der Waals surface area contributed by atoms with Crippen LogP contribution in [0.2, 0.25) is 10.0 Å². The predicted molar refractivity (Wildman–Crippen MR) is 82.9 cm³/mol. The summed E-state index contributed by atoms with van der Waals surface area (Å²) in [5.74, 6) is -0.243. The molecule has 0 fully saturated rings. The number of halogens is 3. The van der Waals surface area contributed by atoms with Crippen LogP contribution in [0.5, 0.6) is 0 Å². The summed E-state index contributed by atoms with van der Waals surface area (Å²) in [4.78, 5) is 0. The SMILES string of the molecule is CC(N)(Cc1cccc(F)c1)Cc1ccc(Cl)c(Cl)c1. The molecular weight excluding hydrogens is 296 g/mol. The molecule has 0 saturated heterocycles. The average molecular weight is 312 g/mol. The molecule has 0 saturated carbocycles. The van der Waals surface area contributed by atoms with Crippen molar-refractivity contribution in [3.8, 4) is 0 Å². The number of rotatable bonds is 4. The fourth-order valence-electron chi connectivity index (χ4n) is 2.29. The Bertz CT molecular complexity index is 611. The van der Waals surface area contributed by atoms with E-state index < -0.39 is 5.54 Å². The summed E-state index contributed by atoms with van der Waals surface area (Å²) in [5.41, 5.74) is 7.74. The van der Waals surface area contributed by atoms with Crippen LogP contribution in [0.1, 0.15) is 18.1 Å². The molecule has 0 amide bonds. The van der Waals surface area contributed by atoms with Crippen molar-refractivity contribution in [3.63, 3.8) is 0 Å². The van der Waals surface area contributed by atoms with Gasteiger partial charge in [-0.05, 0) is 55.2 Å². The molecular formula is C16H16Cl2FN. The zero-order chi connectivity index (χ0) is 14.8. The van der Waals surface area contributed by atoms with Gasteiger partial charge in [-0.15, -0.1) is 0 Å². The second kappa shape index (κ2) is 6.13. The Morgan fingerprint density at radius 1 is 1.00 bits per heavy atom. The summed E-state index contributed by atoms with van der Waals surface area (Å²) >= 11 is 11.9. The van der Waals surface area contributed by atoms with E-state index in [1.54, 1.807) is 12.1 Å². The normalized spacial score (nSPS) is 14.1. The first-order chi connectivity index (χ1) is 9.35. The fraction of sp³-hybridized carbons (Fsp3) is 0.250. The molecule has 1 nitrogen and oxygen atoms in total. The highest BCUT2D eigenvalue weighted by molar-refractivity contribution is 6.42. The molecule has 0 radical (unpaired) electrons. The minimum Gasteiger partial charge on any atom is -0.325 e. The molecule has 0 aliphatic heterocycles. The summed E-state index contributed by atoms with van der Waals surface area (Å²) in [6.07, 6.45) is 1.23. The summed E-state index contributed by atoms with van der Waals surface area (Å²) in [6, 6.07) is 12.0. The fourth-order valence-corrected chi connectivity index (χ4v) is 2.61. The highest BCUT2D eigenvalue weighted by Crippen LogP contribution is 2.25. The summed E-state index contributed by atoms with van der Waals surface area (Å²) in [7, 11) is 0. The molecule has 0 aromatic heterocycles. The molecule has 0 aliphatic rings. The standard InChI is InChI=1S/C16H16Cl2FN/c1-16(20,9-11-3-2-4-13(19)7-11)10-12-5-6-14(17)15(18)8-12/h2-8H,9-10,20H2,1H3. The topological polar surface area (TPSA) is 26.0 Å². The zero-order valence-corrected chi connectivity index (χ0v) is 12.7. The first-order valence-corrected chi connectivity index (χ1v) is 7.09. The molecule has 4 heteroatoms. The van der Waals surface area contributed by atoms with E-state index in [1.165, 1.54) is 12.1 Å². The van der Waals surface area contributed by atoms with Crippen molar-refractivity contribution >= 4 is 23.2 Å². The number of nitrogens with two attached hydrogens (primary N) is 1. The van der Waals surface area contributed by atoms with Gasteiger partial charge in [-0.25, -0.2) is 4.39 Å². The van der Waals surface area contributed by atoms with E-state index in [0.717, 1.165) is 11.1 Å². The summed E-state index contributed by atoms with van der Waals surface area (Å²) in [6.45, 7) is 1.94. The smallest absolute Gasteiger partial charge is 0.123 e. The van der Waals surface area contributed by atoms with E-state index >= 15 is 0 Å². The van der Waals surface area contributed by atoms with Crippen LogP contribution in [0.3, 0.4) is 0 Å². The second-order valence-electron chi connectivity index (χ2n) is 5.39.